The van der Waals surface area contributed by atoms with Crippen LogP contribution in [0.5, 0.6) is 5.75 Å². The number of hydrogen-bond acceptors (Lipinski definition) is 7. The van der Waals surface area contributed by atoms with Gasteiger partial charge in [-0.25, -0.2) is 0 Å². The van der Waals surface area contributed by atoms with Crippen molar-refractivity contribution in [2.45, 2.75) is 83.5 Å². The van der Waals surface area contributed by atoms with E-state index in [0.29, 0.717) is 12.8 Å². The maximum Gasteiger partial charge on any atom is 0.311 e. The predicted molar refractivity (Wildman–Crippen MR) is 119 cm³/mol. The van der Waals surface area contributed by atoms with Crippen LogP contribution in [0.3, 0.4) is 0 Å². The number of ketones is 1. The summed E-state index contributed by atoms with van der Waals surface area (Å²) < 4.78 is 16.3. The van der Waals surface area contributed by atoms with E-state index >= 15 is 0 Å². The van der Waals surface area contributed by atoms with Crippen molar-refractivity contribution in [3.63, 3.8) is 0 Å². The lowest BCUT2D eigenvalue weighted by Crippen LogP contribution is -2.40. The normalized spacial score (nSPS) is 21.0. The van der Waals surface area contributed by atoms with Gasteiger partial charge in [0.15, 0.2) is 18.0 Å². The Morgan fingerprint density at radius 2 is 1.64 bits per heavy atom. The molecule has 1 fully saturated rings. The van der Waals surface area contributed by atoms with E-state index in [4.69, 9.17) is 14.2 Å². The summed E-state index contributed by atoms with van der Waals surface area (Å²) >= 11 is 0. The lowest BCUT2D eigenvalue weighted by atomic mass is 10.00. The molecule has 1 aliphatic heterocycles. The van der Waals surface area contributed by atoms with E-state index in [9.17, 15) is 19.2 Å². The first-order valence-corrected chi connectivity index (χ1v) is 11.7. The minimum atomic E-state index is -0.866. The molecule has 0 saturated carbocycles. The van der Waals surface area contributed by atoms with Crippen molar-refractivity contribution < 1.29 is 33.4 Å². The Morgan fingerprint density at radius 3 is 2.33 bits per heavy atom. The van der Waals surface area contributed by atoms with E-state index in [-0.39, 0.29) is 35.6 Å². The zero-order valence-corrected chi connectivity index (χ0v) is 19.1. The van der Waals surface area contributed by atoms with Crippen LogP contribution in [-0.4, -0.2) is 41.9 Å². The summed E-state index contributed by atoms with van der Waals surface area (Å²) in [5.41, 5.74) is 0.304. The number of para-hydroxylation sites is 1. The molecule has 1 aromatic carbocycles. The number of fused-ring (bicyclic) bond motifs is 1. The maximum absolute atomic E-state index is 13.0. The Kier molecular flexibility index (Phi) is 8.77. The summed E-state index contributed by atoms with van der Waals surface area (Å²) in [4.78, 5) is 49.6. The quantitative estimate of drug-likeness (QED) is 0.221. The average Bonchev–Trinajstić information content (AvgIpc) is 3.59. The lowest BCUT2D eigenvalue weighted by molar-refractivity contribution is -0.148. The van der Waals surface area contributed by atoms with Gasteiger partial charge in [-0.3, -0.25) is 19.2 Å². The molecule has 0 bridgehead atoms. The number of amides is 1. The van der Waals surface area contributed by atoms with Gasteiger partial charge in [0, 0.05) is 18.9 Å². The molecule has 1 saturated heterocycles. The van der Waals surface area contributed by atoms with Crippen molar-refractivity contribution in [2.75, 3.05) is 0 Å². The SMILES string of the molecule is CCCCCC(=O)Oc1ccccc1C(=O)NC1=CC(=O)[C@@H]2O[C@@H]2[C@@H]1OC(=O)CCCCC. The third kappa shape index (κ3) is 6.74. The topological polar surface area (TPSA) is 111 Å². The first-order chi connectivity index (χ1) is 15.9. The van der Waals surface area contributed by atoms with E-state index in [1.165, 1.54) is 18.2 Å². The van der Waals surface area contributed by atoms with Gasteiger partial charge in [0.25, 0.3) is 5.91 Å². The van der Waals surface area contributed by atoms with E-state index in [1.54, 1.807) is 12.1 Å². The third-order valence-corrected chi connectivity index (χ3v) is 5.55. The molecule has 1 amide bonds. The van der Waals surface area contributed by atoms with Crippen LogP contribution in [0.4, 0.5) is 0 Å². The number of carbonyl (C=O) groups is 4. The van der Waals surface area contributed by atoms with Crippen molar-refractivity contribution in [2.24, 2.45) is 0 Å². The van der Waals surface area contributed by atoms with Crippen molar-refractivity contribution in [1.29, 1.82) is 0 Å². The molecule has 1 N–H and O–H groups in total. The molecular formula is C25H31NO7. The summed E-state index contributed by atoms with van der Waals surface area (Å²) in [6.45, 7) is 4.08. The molecule has 1 aromatic rings. The fourth-order valence-electron chi connectivity index (χ4n) is 3.67. The monoisotopic (exact) mass is 457 g/mol. The number of benzene rings is 1. The fourth-order valence-corrected chi connectivity index (χ4v) is 3.67. The Labute approximate surface area is 193 Å². The number of unbranched alkanes of at least 4 members (excludes halogenated alkanes) is 4. The van der Waals surface area contributed by atoms with Gasteiger partial charge in [-0.1, -0.05) is 51.7 Å². The van der Waals surface area contributed by atoms with Crippen LogP contribution in [-0.2, 0) is 23.9 Å². The minimum absolute atomic E-state index is 0.132. The number of hydrogen-bond donors (Lipinski definition) is 1. The lowest BCUT2D eigenvalue weighted by Gasteiger charge is -2.22. The third-order valence-electron chi connectivity index (χ3n) is 5.55. The maximum atomic E-state index is 13.0. The van der Waals surface area contributed by atoms with Crippen molar-refractivity contribution in [1.82, 2.24) is 5.32 Å². The standard InChI is InChI=1S/C25H31NO7/c1-3-5-7-13-20(28)31-19-12-10-9-11-16(19)25(30)26-17-15-18(27)23-24(33-23)22(17)32-21(29)14-8-6-4-2/h9-12,15,22-24H,3-8,13-14H2,1-2H3,(H,26,30)/t22-,23+,24-/m1/s1. The van der Waals surface area contributed by atoms with E-state index in [2.05, 4.69) is 5.32 Å². The molecule has 178 valence electrons. The second kappa shape index (κ2) is 11.7. The molecule has 3 rings (SSSR count). The highest BCUT2D eigenvalue weighted by Gasteiger charge is 2.55. The van der Waals surface area contributed by atoms with Gasteiger partial charge in [0.1, 0.15) is 11.9 Å². The molecular weight excluding hydrogens is 426 g/mol. The van der Waals surface area contributed by atoms with Crippen molar-refractivity contribution in [3.8, 4) is 5.75 Å². The second-order valence-electron chi connectivity index (χ2n) is 8.27. The van der Waals surface area contributed by atoms with Gasteiger partial charge in [0.05, 0.1) is 11.3 Å². The van der Waals surface area contributed by atoms with Gasteiger partial charge < -0.3 is 19.5 Å². The molecule has 0 aromatic heterocycles. The fraction of sp³-hybridized carbons (Fsp3) is 0.520. The molecule has 1 heterocycles. The average molecular weight is 458 g/mol. The van der Waals surface area contributed by atoms with Gasteiger partial charge in [0.2, 0.25) is 0 Å². The molecule has 0 spiro atoms. The number of ether oxygens (including phenoxy) is 3. The van der Waals surface area contributed by atoms with Crippen molar-refractivity contribution >= 4 is 23.6 Å². The number of carbonyl (C=O) groups excluding carboxylic acids is 4. The zero-order chi connectivity index (χ0) is 23.8. The predicted octanol–water partition coefficient (Wildman–Crippen LogP) is 3.63. The van der Waals surface area contributed by atoms with Crippen LogP contribution < -0.4 is 10.1 Å². The highest BCUT2D eigenvalue weighted by Crippen LogP contribution is 2.36. The molecule has 1 aliphatic carbocycles. The molecule has 2 aliphatic rings. The van der Waals surface area contributed by atoms with Crippen LogP contribution in [0.1, 0.15) is 75.6 Å². The highest BCUT2D eigenvalue weighted by molar-refractivity contribution is 6.02. The molecule has 0 radical (unpaired) electrons. The summed E-state index contributed by atoms with van der Waals surface area (Å²) in [6, 6.07) is 6.38. The molecule has 33 heavy (non-hydrogen) atoms. The molecule has 0 unspecified atom stereocenters. The van der Waals surface area contributed by atoms with Gasteiger partial charge in [-0.2, -0.15) is 0 Å². The number of nitrogens with one attached hydrogen (secondary N) is 1. The molecule has 8 heteroatoms. The van der Waals surface area contributed by atoms with E-state index in [0.717, 1.165) is 25.7 Å². The molecule has 8 nitrogen and oxygen atoms in total. The van der Waals surface area contributed by atoms with Crippen LogP contribution in [0.25, 0.3) is 0 Å². The number of esters is 2. The number of epoxide rings is 1. The minimum Gasteiger partial charge on any atom is -0.453 e. The van der Waals surface area contributed by atoms with Crippen LogP contribution in [0.15, 0.2) is 36.0 Å². The van der Waals surface area contributed by atoms with E-state index in [1.807, 2.05) is 13.8 Å². The smallest absolute Gasteiger partial charge is 0.311 e. The van der Waals surface area contributed by atoms with Gasteiger partial charge in [-0.15, -0.1) is 0 Å². The summed E-state index contributed by atoms with van der Waals surface area (Å²) in [5.74, 6) is -1.54. The Bertz CT molecular complexity index is 923. The van der Waals surface area contributed by atoms with Crippen molar-refractivity contribution in [3.05, 3.63) is 41.6 Å². The second-order valence-corrected chi connectivity index (χ2v) is 8.27. The number of rotatable bonds is 12. The Hall–Kier alpha value is -3.00. The van der Waals surface area contributed by atoms with Crippen LogP contribution in [0, 0.1) is 0 Å². The Balaban J connectivity index is 1.68. The summed E-state index contributed by atoms with van der Waals surface area (Å²) in [6.07, 6.45) is 4.87. The first-order valence-electron chi connectivity index (χ1n) is 11.7. The summed E-state index contributed by atoms with van der Waals surface area (Å²) in [7, 11) is 0. The highest BCUT2D eigenvalue weighted by atomic mass is 16.6. The van der Waals surface area contributed by atoms with Crippen LogP contribution >= 0.6 is 0 Å². The van der Waals surface area contributed by atoms with Gasteiger partial charge in [-0.05, 0) is 25.0 Å². The largest absolute Gasteiger partial charge is 0.453 e. The molecule has 3 atom stereocenters. The summed E-state index contributed by atoms with van der Waals surface area (Å²) in [5, 5.41) is 2.66. The van der Waals surface area contributed by atoms with Crippen LogP contribution in [0.2, 0.25) is 0 Å². The van der Waals surface area contributed by atoms with E-state index < -0.39 is 36.2 Å². The van der Waals surface area contributed by atoms with Gasteiger partial charge >= 0.3 is 11.9 Å². The first kappa shape index (κ1) is 24.6. The zero-order valence-electron chi connectivity index (χ0n) is 19.1. The Morgan fingerprint density at radius 1 is 0.970 bits per heavy atom.